The zero-order chi connectivity index (χ0) is 10.9. The Morgan fingerprint density at radius 2 is 2.33 bits per heavy atom. The average molecular weight is 208 g/mol. The van der Waals surface area contributed by atoms with Crippen LogP contribution in [-0.2, 0) is 9.47 Å². The van der Waals surface area contributed by atoms with Gasteiger partial charge in [0.05, 0.1) is 5.60 Å². The van der Waals surface area contributed by atoms with Crippen LogP contribution in [0.25, 0.3) is 0 Å². The molecule has 2 heteroatoms. The summed E-state index contributed by atoms with van der Waals surface area (Å²) in [6, 6.07) is 0. The van der Waals surface area contributed by atoms with E-state index in [4.69, 9.17) is 9.47 Å². The van der Waals surface area contributed by atoms with Crippen LogP contribution in [0.2, 0.25) is 0 Å². The molecule has 0 radical (unpaired) electrons. The molecule has 0 saturated carbocycles. The Morgan fingerprint density at radius 1 is 1.53 bits per heavy atom. The maximum absolute atomic E-state index is 6.03. The van der Waals surface area contributed by atoms with E-state index in [0.29, 0.717) is 6.61 Å². The van der Waals surface area contributed by atoms with Gasteiger partial charge >= 0.3 is 0 Å². The molecule has 0 aromatic rings. The Balaban J connectivity index is 2.09. The molecule has 1 aliphatic carbocycles. The SMILES string of the molecule is CCOC1C=C(C)C2(CC=C(C)CC2)O1. The fourth-order valence-corrected chi connectivity index (χ4v) is 2.36. The van der Waals surface area contributed by atoms with Crippen molar-refractivity contribution in [1.82, 2.24) is 0 Å². The lowest BCUT2D eigenvalue weighted by molar-refractivity contribution is -0.157. The highest BCUT2D eigenvalue weighted by atomic mass is 16.7. The summed E-state index contributed by atoms with van der Waals surface area (Å²) < 4.78 is 11.5. The van der Waals surface area contributed by atoms with Crippen LogP contribution in [0.1, 0.15) is 40.0 Å². The van der Waals surface area contributed by atoms with Crippen molar-refractivity contribution in [2.24, 2.45) is 0 Å². The number of rotatable bonds is 2. The summed E-state index contributed by atoms with van der Waals surface area (Å²) >= 11 is 0. The van der Waals surface area contributed by atoms with E-state index in [9.17, 15) is 0 Å². The molecule has 1 heterocycles. The van der Waals surface area contributed by atoms with Gasteiger partial charge in [-0.2, -0.15) is 0 Å². The summed E-state index contributed by atoms with van der Waals surface area (Å²) in [5.41, 5.74) is 2.76. The van der Waals surface area contributed by atoms with Gasteiger partial charge in [-0.25, -0.2) is 0 Å². The van der Waals surface area contributed by atoms with Crippen LogP contribution in [0.3, 0.4) is 0 Å². The summed E-state index contributed by atoms with van der Waals surface area (Å²) in [6.45, 7) is 7.07. The third kappa shape index (κ3) is 2.01. The number of allylic oxidation sites excluding steroid dienone is 1. The molecule has 0 saturated heterocycles. The van der Waals surface area contributed by atoms with Gasteiger partial charge in [-0.3, -0.25) is 0 Å². The molecule has 15 heavy (non-hydrogen) atoms. The number of ether oxygens (including phenoxy) is 2. The lowest BCUT2D eigenvalue weighted by Crippen LogP contribution is -2.34. The molecule has 0 bridgehead atoms. The van der Waals surface area contributed by atoms with E-state index in [1.54, 1.807) is 0 Å². The predicted molar refractivity (Wildman–Crippen MR) is 60.6 cm³/mol. The second-order valence-electron chi connectivity index (χ2n) is 4.54. The molecule has 0 fully saturated rings. The molecule has 2 rings (SSSR count). The second-order valence-corrected chi connectivity index (χ2v) is 4.54. The highest BCUT2D eigenvalue weighted by Crippen LogP contribution is 2.41. The molecule has 2 nitrogen and oxygen atoms in total. The van der Waals surface area contributed by atoms with Gasteiger partial charge in [0, 0.05) is 6.61 Å². The van der Waals surface area contributed by atoms with Gasteiger partial charge in [-0.1, -0.05) is 11.6 Å². The summed E-state index contributed by atoms with van der Waals surface area (Å²) in [5.74, 6) is 0. The minimum Gasteiger partial charge on any atom is -0.349 e. The largest absolute Gasteiger partial charge is 0.349 e. The molecule has 0 aromatic carbocycles. The lowest BCUT2D eigenvalue weighted by atomic mass is 9.81. The van der Waals surface area contributed by atoms with Crippen molar-refractivity contribution in [3.63, 3.8) is 0 Å². The van der Waals surface area contributed by atoms with Crippen LogP contribution in [-0.4, -0.2) is 18.5 Å². The topological polar surface area (TPSA) is 18.5 Å². The first-order valence-corrected chi connectivity index (χ1v) is 5.80. The van der Waals surface area contributed by atoms with Crippen molar-refractivity contribution >= 4 is 0 Å². The highest BCUT2D eigenvalue weighted by molar-refractivity contribution is 5.26. The zero-order valence-corrected chi connectivity index (χ0v) is 9.88. The maximum Gasteiger partial charge on any atom is 0.178 e. The Hall–Kier alpha value is -0.600. The molecule has 1 spiro atoms. The van der Waals surface area contributed by atoms with Crippen LogP contribution >= 0.6 is 0 Å². The predicted octanol–water partition coefficient (Wildman–Crippen LogP) is 3.19. The monoisotopic (exact) mass is 208 g/mol. The van der Waals surface area contributed by atoms with Crippen molar-refractivity contribution in [3.8, 4) is 0 Å². The van der Waals surface area contributed by atoms with Crippen molar-refractivity contribution in [2.75, 3.05) is 6.61 Å². The van der Waals surface area contributed by atoms with E-state index < -0.39 is 0 Å². The van der Waals surface area contributed by atoms with Crippen molar-refractivity contribution in [2.45, 2.75) is 51.9 Å². The standard InChI is InChI=1S/C13H20O2/c1-4-14-12-9-11(3)13(15-12)7-5-10(2)6-8-13/h5,9,12H,4,6-8H2,1-3H3. The van der Waals surface area contributed by atoms with Gasteiger partial charge in [0.15, 0.2) is 6.29 Å². The first-order valence-electron chi connectivity index (χ1n) is 5.80. The van der Waals surface area contributed by atoms with Gasteiger partial charge in [-0.05, 0) is 51.7 Å². The Morgan fingerprint density at radius 3 is 2.93 bits per heavy atom. The quantitative estimate of drug-likeness (QED) is 0.649. The molecule has 2 unspecified atom stereocenters. The van der Waals surface area contributed by atoms with Crippen LogP contribution < -0.4 is 0 Å². The zero-order valence-electron chi connectivity index (χ0n) is 9.88. The third-order valence-corrected chi connectivity index (χ3v) is 3.48. The average Bonchev–Trinajstić information content (AvgIpc) is 2.50. The van der Waals surface area contributed by atoms with E-state index >= 15 is 0 Å². The van der Waals surface area contributed by atoms with E-state index in [1.807, 2.05) is 6.92 Å². The van der Waals surface area contributed by atoms with Gasteiger partial charge in [0.2, 0.25) is 0 Å². The summed E-state index contributed by atoms with van der Waals surface area (Å²) in [7, 11) is 0. The van der Waals surface area contributed by atoms with E-state index in [0.717, 1.165) is 19.3 Å². The number of hydrogen-bond acceptors (Lipinski definition) is 2. The molecular formula is C13H20O2. The summed E-state index contributed by atoms with van der Waals surface area (Å²) in [5, 5.41) is 0. The van der Waals surface area contributed by atoms with Crippen LogP contribution in [0.5, 0.6) is 0 Å². The van der Waals surface area contributed by atoms with E-state index in [2.05, 4.69) is 26.0 Å². The van der Waals surface area contributed by atoms with Crippen LogP contribution in [0.15, 0.2) is 23.3 Å². The normalized spacial score (nSPS) is 35.5. The summed E-state index contributed by atoms with van der Waals surface area (Å²) in [6.07, 6.45) is 7.55. The highest BCUT2D eigenvalue weighted by Gasteiger charge is 2.40. The fraction of sp³-hybridized carbons (Fsp3) is 0.692. The molecule has 0 amide bonds. The van der Waals surface area contributed by atoms with Crippen LogP contribution in [0, 0.1) is 0 Å². The minimum atomic E-state index is -0.123. The molecule has 2 aliphatic rings. The maximum atomic E-state index is 6.03. The van der Waals surface area contributed by atoms with E-state index in [1.165, 1.54) is 11.1 Å². The second kappa shape index (κ2) is 4.11. The fourth-order valence-electron chi connectivity index (χ4n) is 2.36. The van der Waals surface area contributed by atoms with Crippen molar-refractivity contribution < 1.29 is 9.47 Å². The lowest BCUT2D eigenvalue weighted by Gasteiger charge is -2.34. The molecule has 0 N–H and O–H groups in total. The third-order valence-electron chi connectivity index (χ3n) is 3.48. The van der Waals surface area contributed by atoms with Gasteiger partial charge in [-0.15, -0.1) is 0 Å². The van der Waals surface area contributed by atoms with Gasteiger partial charge in [0.25, 0.3) is 0 Å². The van der Waals surface area contributed by atoms with Crippen molar-refractivity contribution in [3.05, 3.63) is 23.3 Å². The molecule has 84 valence electrons. The molecule has 2 atom stereocenters. The first kappa shape index (κ1) is 10.9. The van der Waals surface area contributed by atoms with Gasteiger partial charge in [0.1, 0.15) is 0 Å². The number of hydrogen-bond donors (Lipinski definition) is 0. The molecule has 0 aromatic heterocycles. The Kier molecular flexibility index (Phi) is 2.98. The van der Waals surface area contributed by atoms with E-state index in [-0.39, 0.29) is 11.9 Å². The minimum absolute atomic E-state index is 0.0562. The Labute approximate surface area is 92.0 Å². The van der Waals surface area contributed by atoms with Crippen LogP contribution in [0.4, 0.5) is 0 Å². The first-order chi connectivity index (χ1) is 7.16. The van der Waals surface area contributed by atoms with Gasteiger partial charge < -0.3 is 9.47 Å². The Bertz CT molecular complexity index is 304. The summed E-state index contributed by atoms with van der Waals surface area (Å²) in [4.78, 5) is 0. The van der Waals surface area contributed by atoms with Crippen molar-refractivity contribution in [1.29, 1.82) is 0 Å². The smallest absolute Gasteiger partial charge is 0.178 e. The molecular weight excluding hydrogens is 188 g/mol. The molecule has 1 aliphatic heterocycles.